The van der Waals surface area contributed by atoms with Gasteiger partial charge in [-0.2, -0.15) is 0 Å². The van der Waals surface area contributed by atoms with Gasteiger partial charge >= 0.3 is 0 Å². The fourth-order valence-electron chi connectivity index (χ4n) is 2.58. The maximum atomic E-state index is 12.3. The first kappa shape index (κ1) is 17.2. The van der Waals surface area contributed by atoms with E-state index in [2.05, 4.69) is 26.1 Å². The molecule has 1 aromatic carbocycles. The molecule has 1 aromatic rings. The normalized spacial score (nSPS) is 15.0. The minimum absolute atomic E-state index is 0.150. The van der Waals surface area contributed by atoms with Crippen LogP contribution in [0, 0.1) is 0 Å². The zero-order chi connectivity index (χ0) is 15.2. The summed E-state index contributed by atoms with van der Waals surface area (Å²) in [5, 5.41) is 3.48. The van der Waals surface area contributed by atoms with Gasteiger partial charge < -0.3 is 5.32 Å². The van der Waals surface area contributed by atoms with Crippen LogP contribution in [0.1, 0.15) is 52.0 Å². The van der Waals surface area contributed by atoms with E-state index in [4.69, 9.17) is 0 Å². The van der Waals surface area contributed by atoms with Gasteiger partial charge in [0.05, 0.1) is 10.6 Å². The summed E-state index contributed by atoms with van der Waals surface area (Å²) in [7, 11) is -3.17. The third-order valence-electron chi connectivity index (χ3n) is 3.79. The molecule has 0 aliphatic rings. The summed E-state index contributed by atoms with van der Waals surface area (Å²) in [5.41, 5.74) is 0.952. The molecular formula is C16H27NO2S. The Morgan fingerprint density at radius 1 is 1.15 bits per heavy atom. The maximum Gasteiger partial charge on any atom is 0.178 e. The fourth-order valence-corrected chi connectivity index (χ4v) is 3.76. The summed E-state index contributed by atoms with van der Waals surface area (Å²) in [6.07, 6.45) is 2.00. The van der Waals surface area contributed by atoms with Gasteiger partial charge in [-0.3, -0.25) is 0 Å². The summed E-state index contributed by atoms with van der Waals surface area (Å²) in [4.78, 5) is 0.500. The number of hydrogen-bond acceptors (Lipinski definition) is 3. The smallest absolute Gasteiger partial charge is 0.178 e. The largest absolute Gasteiger partial charge is 0.314 e. The monoisotopic (exact) mass is 297 g/mol. The zero-order valence-corrected chi connectivity index (χ0v) is 13.8. The molecule has 0 spiro atoms. The van der Waals surface area contributed by atoms with E-state index in [0.717, 1.165) is 24.9 Å². The van der Waals surface area contributed by atoms with E-state index in [9.17, 15) is 8.42 Å². The van der Waals surface area contributed by atoms with E-state index in [1.54, 1.807) is 13.0 Å². The van der Waals surface area contributed by atoms with Gasteiger partial charge in [-0.1, -0.05) is 39.0 Å². The van der Waals surface area contributed by atoms with Crippen molar-refractivity contribution >= 4 is 9.84 Å². The van der Waals surface area contributed by atoms with Crippen LogP contribution in [0.2, 0.25) is 0 Å². The second-order valence-electron chi connectivity index (χ2n) is 5.20. The van der Waals surface area contributed by atoms with Crippen molar-refractivity contribution < 1.29 is 8.42 Å². The lowest BCUT2D eigenvalue weighted by Crippen LogP contribution is -2.33. The molecule has 0 heterocycles. The van der Waals surface area contributed by atoms with Crippen molar-refractivity contribution in [2.45, 2.75) is 57.4 Å². The molecule has 2 unspecified atom stereocenters. The molecule has 0 fully saturated rings. The van der Waals surface area contributed by atoms with Crippen LogP contribution in [-0.4, -0.2) is 26.8 Å². The molecule has 3 nitrogen and oxygen atoms in total. The van der Waals surface area contributed by atoms with Gasteiger partial charge in [-0.05, 0) is 43.9 Å². The van der Waals surface area contributed by atoms with Crippen LogP contribution < -0.4 is 5.32 Å². The molecule has 4 heteroatoms. The molecule has 2 atom stereocenters. The van der Waals surface area contributed by atoms with Gasteiger partial charge in [0.25, 0.3) is 0 Å². The van der Waals surface area contributed by atoms with Crippen molar-refractivity contribution in [2.75, 3.05) is 12.3 Å². The summed E-state index contributed by atoms with van der Waals surface area (Å²) in [5.74, 6) is 0.371. The lowest BCUT2D eigenvalue weighted by Gasteiger charge is -2.26. The molecule has 0 aliphatic carbocycles. The Morgan fingerprint density at radius 2 is 1.80 bits per heavy atom. The molecule has 1 N–H and O–H groups in total. The average molecular weight is 297 g/mol. The fraction of sp³-hybridized carbons (Fsp3) is 0.625. The third kappa shape index (κ3) is 4.06. The van der Waals surface area contributed by atoms with Crippen molar-refractivity contribution in [1.82, 2.24) is 5.32 Å². The minimum atomic E-state index is -3.17. The van der Waals surface area contributed by atoms with Crippen molar-refractivity contribution in [1.29, 1.82) is 0 Å². The number of rotatable bonds is 8. The Bertz CT molecular complexity index is 511. The Kier molecular flexibility index (Phi) is 6.69. The molecule has 114 valence electrons. The van der Waals surface area contributed by atoms with Gasteiger partial charge in [-0.15, -0.1) is 0 Å². The van der Waals surface area contributed by atoms with Gasteiger partial charge in [0.15, 0.2) is 9.84 Å². The van der Waals surface area contributed by atoms with E-state index in [1.807, 2.05) is 18.2 Å². The third-order valence-corrected chi connectivity index (χ3v) is 5.60. The van der Waals surface area contributed by atoms with Gasteiger partial charge in [0.1, 0.15) is 0 Å². The highest BCUT2D eigenvalue weighted by Crippen LogP contribution is 2.29. The molecule has 0 aliphatic heterocycles. The maximum absolute atomic E-state index is 12.3. The van der Waals surface area contributed by atoms with Gasteiger partial charge in [0, 0.05) is 6.04 Å². The van der Waals surface area contributed by atoms with Crippen LogP contribution in [0.4, 0.5) is 0 Å². The highest BCUT2D eigenvalue weighted by Gasteiger charge is 2.24. The van der Waals surface area contributed by atoms with Crippen LogP contribution >= 0.6 is 0 Å². The Balaban J connectivity index is 3.16. The summed E-state index contributed by atoms with van der Waals surface area (Å²) >= 11 is 0. The van der Waals surface area contributed by atoms with Crippen molar-refractivity contribution in [2.24, 2.45) is 0 Å². The summed E-state index contributed by atoms with van der Waals surface area (Å²) in [6, 6.07) is 7.71. The van der Waals surface area contributed by atoms with Crippen LogP contribution in [0.15, 0.2) is 29.2 Å². The molecule has 0 aromatic heterocycles. The predicted molar refractivity (Wildman–Crippen MR) is 85.0 cm³/mol. The first-order chi connectivity index (χ1) is 9.47. The molecule has 0 radical (unpaired) electrons. The molecule has 0 saturated carbocycles. The molecule has 0 amide bonds. The molecule has 20 heavy (non-hydrogen) atoms. The van der Waals surface area contributed by atoms with Crippen LogP contribution in [0.3, 0.4) is 0 Å². The average Bonchev–Trinajstić information content (AvgIpc) is 2.46. The molecule has 1 rings (SSSR count). The van der Waals surface area contributed by atoms with Gasteiger partial charge in [-0.25, -0.2) is 8.42 Å². The van der Waals surface area contributed by atoms with E-state index in [-0.39, 0.29) is 17.7 Å². The first-order valence-electron chi connectivity index (χ1n) is 7.52. The van der Waals surface area contributed by atoms with Gasteiger partial charge in [0.2, 0.25) is 0 Å². The van der Waals surface area contributed by atoms with E-state index >= 15 is 0 Å². The summed E-state index contributed by atoms with van der Waals surface area (Å²) in [6.45, 7) is 9.05. The second kappa shape index (κ2) is 7.79. The number of sulfone groups is 1. The van der Waals surface area contributed by atoms with Crippen LogP contribution in [-0.2, 0) is 9.84 Å². The highest BCUT2D eigenvalue weighted by atomic mass is 32.2. The minimum Gasteiger partial charge on any atom is -0.314 e. The number of benzene rings is 1. The van der Waals surface area contributed by atoms with Crippen molar-refractivity contribution in [3.63, 3.8) is 0 Å². The zero-order valence-electron chi connectivity index (χ0n) is 13.0. The molecule has 0 bridgehead atoms. The standard InChI is InChI=1S/C16H27NO2S/c1-5-12-17-13(4)14(6-2)15-10-8-9-11-16(15)20(18,19)7-3/h8-11,13-14,17H,5-7,12H2,1-4H3. The van der Waals surface area contributed by atoms with E-state index in [1.165, 1.54) is 0 Å². The lowest BCUT2D eigenvalue weighted by atomic mass is 9.90. The van der Waals surface area contributed by atoms with Crippen molar-refractivity contribution in [3.05, 3.63) is 29.8 Å². The Labute approximate surface area is 123 Å². The van der Waals surface area contributed by atoms with E-state index in [0.29, 0.717) is 4.90 Å². The first-order valence-corrected chi connectivity index (χ1v) is 9.18. The summed E-state index contributed by atoms with van der Waals surface area (Å²) < 4.78 is 24.5. The number of hydrogen-bond donors (Lipinski definition) is 1. The quantitative estimate of drug-likeness (QED) is 0.800. The van der Waals surface area contributed by atoms with Crippen LogP contribution in [0.5, 0.6) is 0 Å². The van der Waals surface area contributed by atoms with Crippen molar-refractivity contribution in [3.8, 4) is 0 Å². The SMILES string of the molecule is CCCNC(C)C(CC)c1ccccc1S(=O)(=O)CC. The lowest BCUT2D eigenvalue weighted by molar-refractivity contribution is 0.445. The van der Waals surface area contributed by atoms with E-state index < -0.39 is 9.84 Å². The molecular weight excluding hydrogens is 270 g/mol. The highest BCUT2D eigenvalue weighted by molar-refractivity contribution is 7.91. The molecule has 0 saturated heterocycles. The predicted octanol–water partition coefficient (Wildman–Crippen LogP) is 3.36. The topological polar surface area (TPSA) is 46.2 Å². The second-order valence-corrected chi connectivity index (χ2v) is 7.45. The Morgan fingerprint density at radius 3 is 2.35 bits per heavy atom. The Hall–Kier alpha value is -0.870. The van der Waals surface area contributed by atoms with Crippen LogP contribution in [0.25, 0.3) is 0 Å². The number of nitrogens with one attached hydrogen (secondary N) is 1.